The van der Waals surface area contributed by atoms with Crippen molar-refractivity contribution in [2.24, 2.45) is 0 Å². The van der Waals surface area contributed by atoms with E-state index in [1.54, 1.807) is 24.2 Å². The molecule has 0 bridgehead atoms. The average molecular weight is 152 g/mol. The number of rotatable bonds is 2. The summed E-state index contributed by atoms with van der Waals surface area (Å²) in [4.78, 5) is 8.22. The van der Waals surface area contributed by atoms with E-state index >= 15 is 0 Å². The van der Waals surface area contributed by atoms with Gasteiger partial charge in [0.1, 0.15) is 0 Å². The number of thioether (sulfide) groups is 1. The molecule has 2 nitrogen and oxygen atoms in total. The van der Waals surface area contributed by atoms with Crippen LogP contribution in [-0.2, 0) is 0 Å². The van der Waals surface area contributed by atoms with Gasteiger partial charge in [-0.25, -0.2) is 9.97 Å². The highest BCUT2D eigenvalue weighted by Crippen LogP contribution is 2.36. The third-order valence-corrected chi connectivity index (χ3v) is 2.56. The Labute approximate surface area is 64.1 Å². The predicted molar refractivity (Wildman–Crippen MR) is 40.9 cm³/mol. The summed E-state index contributed by atoms with van der Waals surface area (Å²) in [5.74, 6) is 0. The van der Waals surface area contributed by atoms with Crippen molar-refractivity contribution in [1.82, 2.24) is 9.97 Å². The summed E-state index contributed by atoms with van der Waals surface area (Å²) in [7, 11) is 0. The summed E-state index contributed by atoms with van der Waals surface area (Å²) in [5, 5.41) is 1.73. The highest BCUT2D eigenvalue weighted by molar-refractivity contribution is 8.00. The Balaban J connectivity index is 2.03. The molecule has 2 rings (SSSR count). The Kier molecular flexibility index (Phi) is 1.59. The minimum atomic E-state index is 0.808. The predicted octanol–water partition coefficient (Wildman–Crippen LogP) is 1.73. The van der Waals surface area contributed by atoms with Crippen LogP contribution in [0.2, 0.25) is 0 Å². The first-order valence-corrected chi connectivity index (χ1v) is 4.27. The monoisotopic (exact) mass is 152 g/mol. The fourth-order valence-corrected chi connectivity index (χ4v) is 1.59. The van der Waals surface area contributed by atoms with Gasteiger partial charge in [0.2, 0.25) is 0 Å². The van der Waals surface area contributed by atoms with Crippen molar-refractivity contribution in [2.45, 2.75) is 23.2 Å². The maximum absolute atomic E-state index is 4.11. The van der Waals surface area contributed by atoms with Gasteiger partial charge in [-0.2, -0.15) is 0 Å². The lowest BCUT2D eigenvalue weighted by Gasteiger charge is -1.92. The van der Waals surface area contributed by atoms with Crippen molar-refractivity contribution < 1.29 is 0 Å². The molecule has 1 saturated carbocycles. The van der Waals surface area contributed by atoms with Crippen LogP contribution in [0.5, 0.6) is 0 Å². The number of hydrogen-bond acceptors (Lipinski definition) is 3. The van der Waals surface area contributed by atoms with Gasteiger partial charge >= 0.3 is 0 Å². The quantitative estimate of drug-likeness (QED) is 0.603. The van der Waals surface area contributed by atoms with Gasteiger partial charge in [-0.3, -0.25) is 0 Å². The van der Waals surface area contributed by atoms with E-state index in [0.29, 0.717) is 0 Å². The molecule has 0 aromatic carbocycles. The molecule has 10 heavy (non-hydrogen) atoms. The summed E-state index contributed by atoms with van der Waals surface area (Å²) in [6.07, 6.45) is 6.25. The van der Waals surface area contributed by atoms with E-state index in [2.05, 4.69) is 9.97 Å². The van der Waals surface area contributed by atoms with Crippen molar-refractivity contribution in [3.05, 3.63) is 18.5 Å². The molecule has 1 fully saturated rings. The summed E-state index contributed by atoms with van der Waals surface area (Å²) in [6, 6.07) is 1.84. The third kappa shape index (κ3) is 1.48. The molecule has 0 unspecified atom stereocenters. The maximum atomic E-state index is 4.11. The Hall–Kier alpha value is -0.570. The molecule has 0 spiro atoms. The molecule has 0 aliphatic heterocycles. The first-order chi connectivity index (χ1) is 4.95. The van der Waals surface area contributed by atoms with Crippen LogP contribution in [0.4, 0.5) is 0 Å². The topological polar surface area (TPSA) is 25.8 Å². The first kappa shape index (κ1) is 6.16. The lowest BCUT2D eigenvalue weighted by molar-refractivity contribution is 0.966. The van der Waals surface area contributed by atoms with Crippen molar-refractivity contribution >= 4 is 11.8 Å². The summed E-state index contributed by atoms with van der Waals surface area (Å²) in [5.41, 5.74) is 0. The summed E-state index contributed by atoms with van der Waals surface area (Å²) >= 11 is 1.79. The lowest BCUT2D eigenvalue weighted by Crippen LogP contribution is -1.83. The molecular weight excluding hydrogens is 144 g/mol. The zero-order chi connectivity index (χ0) is 6.81. The van der Waals surface area contributed by atoms with Crippen LogP contribution in [0, 0.1) is 0 Å². The van der Waals surface area contributed by atoms with Crippen LogP contribution in [0.25, 0.3) is 0 Å². The van der Waals surface area contributed by atoms with Crippen LogP contribution in [0.1, 0.15) is 12.8 Å². The van der Waals surface area contributed by atoms with E-state index in [0.717, 1.165) is 10.4 Å². The molecule has 1 aliphatic carbocycles. The van der Waals surface area contributed by atoms with Crippen LogP contribution < -0.4 is 0 Å². The Morgan fingerprint density at radius 2 is 2.00 bits per heavy atom. The van der Waals surface area contributed by atoms with Gasteiger partial charge < -0.3 is 0 Å². The number of hydrogen-bond donors (Lipinski definition) is 0. The van der Waals surface area contributed by atoms with Crippen molar-refractivity contribution in [3.8, 4) is 0 Å². The van der Waals surface area contributed by atoms with E-state index in [-0.39, 0.29) is 0 Å². The summed E-state index contributed by atoms with van der Waals surface area (Å²) in [6.45, 7) is 0. The fourth-order valence-electron chi connectivity index (χ4n) is 0.681. The van der Waals surface area contributed by atoms with Gasteiger partial charge in [0.05, 0.1) is 0 Å². The minimum absolute atomic E-state index is 0.808. The smallest absolute Gasteiger partial charge is 0.187 e. The van der Waals surface area contributed by atoms with Crippen molar-refractivity contribution in [2.75, 3.05) is 0 Å². The Morgan fingerprint density at radius 1 is 1.30 bits per heavy atom. The molecule has 1 aliphatic rings. The van der Waals surface area contributed by atoms with Gasteiger partial charge in [0.15, 0.2) is 5.16 Å². The average Bonchev–Trinajstić information content (AvgIpc) is 2.74. The van der Waals surface area contributed by atoms with E-state index in [9.17, 15) is 0 Å². The second-order valence-corrected chi connectivity index (χ2v) is 3.62. The minimum Gasteiger partial charge on any atom is -0.231 e. The fraction of sp³-hybridized carbons (Fsp3) is 0.429. The van der Waals surface area contributed by atoms with Crippen LogP contribution >= 0.6 is 11.8 Å². The second kappa shape index (κ2) is 2.58. The molecule has 0 radical (unpaired) electrons. The number of nitrogens with zero attached hydrogens (tertiary/aromatic N) is 2. The van der Waals surface area contributed by atoms with Gasteiger partial charge in [0, 0.05) is 17.6 Å². The normalized spacial score (nSPS) is 17.2. The maximum Gasteiger partial charge on any atom is 0.187 e. The number of aromatic nitrogens is 2. The molecule has 0 atom stereocenters. The molecule has 0 N–H and O–H groups in total. The van der Waals surface area contributed by atoms with E-state index in [1.165, 1.54) is 12.8 Å². The molecule has 1 heterocycles. The molecular formula is C7H8N2S. The molecule has 0 amide bonds. The van der Waals surface area contributed by atoms with Gasteiger partial charge in [0.25, 0.3) is 0 Å². The lowest BCUT2D eigenvalue weighted by atomic mass is 10.7. The second-order valence-electron chi connectivity index (χ2n) is 2.35. The van der Waals surface area contributed by atoms with Crippen LogP contribution in [0.15, 0.2) is 23.6 Å². The van der Waals surface area contributed by atoms with Gasteiger partial charge in [-0.15, -0.1) is 0 Å². The summed E-state index contributed by atoms with van der Waals surface area (Å²) < 4.78 is 0. The Morgan fingerprint density at radius 3 is 2.60 bits per heavy atom. The zero-order valence-corrected chi connectivity index (χ0v) is 6.34. The Bertz CT molecular complexity index is 208. The van der Waals surface area contributed by atoms with E-state index in [1.807, 2.05) is 6.07 Å². The van der Waals surface area contributed by atoms with Crippen molar-refractivity contribution in [3.63, 3.8) is 0 Å². The zero-order valence-electron chi connectivity index (χ0n) is 5.53. The third-order valence-electron chi connectivity index (χ3n) is 1.34. The standard InChI is InChI=1S/C7H8N2S/c1-4-8-7(9-5-1)10-6-2-3-6/h1,4-6H,2-3H2. The molecule has 3 heteroatoms. The highest BCUT2D eigenvalue weighted by atomic mass is 32.2. The largest absolute Gasteiger partial charge is 0.231 e. The molecule has 0 saturated heterocycles. The van der Waals surface area contributed by atoms with E-state index in [4.69, 9.17) is 0 Å². The van der Waals surface area contributed by atoms with Crippen molar-refractivity contribution in [1.29, 1.82) is 0 Å². The van der Waals surface area contributed by atoms with E-state index < -0.39 is 0 Å². The first-order valence-electron chi connectivity index (χ1n) is 3.39. The highest BCUT2D eigenvalue weighted by Gasteiger charge is 2.23. The van der Waals surface area contributed by atoms with Gasteiger partial charge in [-0.1, -0.05) is 11.8 Å². The molecule has 52 valence electrons. The van der Waals surface area contributed by atoms with Gasteiger partial charge in [-0.05, 0) is 18.9 Å². The van der Waals surface area contributed by atoms with Crippen LogP contribution in [-0.4, -0.2) is 15.2 Å². The SMILES string of the molecule is c1cnc(SC2CC2)nc1. The van der Waals surface area contributed by atoms with Crippen LogP contribution in [0.3, 0.4) is 0 Å². The molecule has 1 aromatic heterocycles. The molecule has 1 aromatic rings.